The average molecular weight is 326 g/mol. The summed E-state index contributed by atoms with van der Waals surface area (Å²) in [7, 11) is 0. The molecule has 4 rings (SSSR count). The molecule has 0 N–H and O–H groups in total. The van der Waals surface area contributed by atoms with Crippen molar-refractivity contribution < 1.29 is 4.79 Å². The molecule has 1 atom stereocenters. The van der Waals surface area contributed by atoms with Crippen LogP contribution >= 0.6 is 11.3 Å². The van der Waals surface area contributed by atoms with Crippen molar-refractivity contribution in [3.05, 3.63) is 46.5 Å². The highest BCUT2D eigenvalue weighted by Gasteiger charge is 2.29. The summed E-state index contributed by atoms with van der Waals surface area (Å²) in [5.41, 5.74) is 2.95. The van der Waals surface area contributed by atoms with Crippen LogP contribution in [0.3, 0.4) is 0 Å². The number of hydrogen-bond acceptors (Lipinski definition) is 4. The molecule has 0 aromatic carbocycles. The predicted molar refractivity (Wildman–Crippen MR) is 90.5 cm³/mol. The Bertz CT molecular complexity index is 840. The minimum absolute atomic E-state index is 0.209. The molecule has 1 aliphatic rings. The second kappa shape index (κ2) is 5.77. The molecule has 3 aromatic rings. The maximum atomic E-state index is 12.5. The molecule has 0 radical (unpaired) electrons. The van der Waals surface area contributed by atoms with Crippen LogP contribution < -0.4 is 0 Å². The van der Waals surface area contributed by atoms with E-state index in [9.17, 15) is 4.79 Å². The molecule has 0 unspecified atom stereocenters. The van der Waals surface area contributed by atoms with Crippen LogP contribution in [0.5, 0.6) is 0 Å². The van der Waals surface area contributed by atoms with E-state index in [4.69, 9.17) is 0 Å². The predicted octanol–water partition coefficient (Wildman–Crippen LogP) is 2.82. The zero-order valence-electron chi connectivity index (χ0n) is 13.0. The first-order chi connectivity index (χ1) is 11.2. The van der Waals surface area contributed by atoms with E-state index in [1.165, 1.54) is 0 Å². The smallest absolute Gasteiger partial charge is 0.227 e. The molecule has 0 aliphatic carbocycles. The summed E-state index contributed by atoms with van der Waals surface area (Å²) in [6.45, 7) is 3.56. The highest BCUT2D eigenvalue weighted by molar-refractivity contribution is 7.08. The topological polar surface area (TPSA) is 51.0 Å². The fourth-order valence-corrected chi connectivity index (χ4v) is 4.01. The zero-order valence-corrected chi connectivity index (χ0v) is 13.8. The maximum Gasteiger partial charge on any atom is 0.227 e. The number of likely N-dealkylation sites (tertiary alicyclic amines) is 1. The van der Waals surface area contributed by atoms with Crippen molar-refractivity contribution in [1.82, 2.24) is 19.4 Å². The molecule has 1 aliphatic heterocycles. The Morgan fingerprint density at radius 1 is 1.43 bits per heavy atom. The van der Waals surface area contributed by atoms with Gasteiger partial charge in [0.05, 0.1) is 12.5 Å². The molecule has 23 heavy (non-hydrogen) atoms. The van der Waals surface area contributed by atoms with Crippen molar-refractivity contribution in [2.45, 2.75) is 25.8 Å². The molecule has 4 heterocycles. The van der Waals surface area contributed by atoms with E-state index in [0.717, 1.165) is 42.1 Å². The van der Waals surface area contributed by atoms with Crippen LogP contribution in [-0.4, -0.2) is 38.4 Å². The third-order valence-electron chi connectivity index (χ3n) is 4.44. The second-order valence-electron chi connectivity index (χ2n) is 5.97. The number of fused-ring (bicyclic) bond motifs is 1. The maximum absolute atomic E-state index is 12.5. The van der Waals surface area contributed by atoms with Crippen LogP contribution in [-0.2, 0) is 11.2 Å². The molecule has 0 bridgehead atoms. The van der Waals surface area contributed by atoms with Gasteiger partial charge in [-0.2, -0.15) is 11.3 Å². The van der Waals surface area contributed by atoms with Crippen LogP contribution in [0.2, 0.25) is 0 Å². The molecular formula is C17H18N4OS. The van der Waals surface area contributed by atoms with E-state index in [1.54, 1.807) is 17.5 Å². The lowest BCUT2D eigenvalue weighted by molar-refractivity contribution is -0.129. The second-order valence-corrected chi connectivity index (χ2v) is 6.75. The summed E-state index contributed by atoms with van der Waals surface area (Å²) in [4.78, 5) is 23.5. The van der Waals surface area contributed by atoms with E-state index in [2.05, 4.69) is 14.5 Å². The third-order valence-corrected chi connectivity index (χ3v) is 5.17. The van der Waals surface area contributed by atoms with Gasteiger partial charge in [0.25, 0.3) is 0 Å². The van der Waals surface area contributed by atoms with Gasteiger partial charge in [0, 0.05) is 19.3 Å². The quantitative estimate of drug-likeness (QED) is 0.744. The number of imidazole rings is 1. The van der Waals surface area contributed by atoms with Crippen LogP contribution in [0.4, 0.5) is 0 Å². The van der Waals surface area contributed by atoms with Crippen molar-refractivity contribution in [2.24, 2.45) is 0 Å². The van der Waals surface area contributed by atoms with Gasteiger partial charge < -0.3 is 9.47 Å². The zero-order chi connectivity index (χ0) is 15.8. The van der Waals surface area contributed by atoms with E-state index >= 15 is 0 Å². The summed E-state index contributed by atoms with van der Waals surface area (Å²) in [5.74, 6) is 1.18. The molecular weight excluding hydrogens is 308 g/mol. The number of amides is 1. The van der Waals surface area contributed by atoms with Crippen LogP contribution in [0.25, 0.3) is 11.2 Å². The van der Waals surface area contributed by atoms with Gasteiger partial charge in [0.15, 0.2) is 5.65 Å². The molecule has 1 amide bonds. The van der Waals surface area contributed by atoms with Gasteiger partial charge in [0.1, 0.15) is 11.3 Å². The third kappa shape index (κ3) is 2.63. The average Bonchev–Trinajstić information content (AvgIpc) is 3.25. The number of carbonyl (C=O) groups is 1. The monoisotopic (exact) mass is 326 g/mol. The number of pyridine rings is 1. The number of thiophene rings is 1. The van der Waals surface area contributed by atoms with Gasteiger partial charge in [-0.25, -0.2) is 9.97 Å². The SMILES string of the molecule is Cc1nc2cccnc2n1[C@@H]1CCN(C(=O)Cc2ccsc2)C1. The molecule has 0 spiro atoms. The lowest BCUT2D eigenvalue weighted by Crippen LogP contribution is -2.30. The molecule has 1 saturated heterocycles. The summed E-state index contributed by atoms with van der Waals surface area (Å²) in [5, 5.41) is 4.06. The fraction of sp³-hybridized carbons (Fsp3) is 0.353. The molecule has 0 saturated carbocycles. The Hall–Kier alpha value is -2.21. The molecule has 6 heteroatoms. The van der Waals surface area contributed by atoms with Gasteiger partial charge in [0.2, 0.25) is 5.91 Å². The first kappa shape index (κ1) is 14.4. The number of nitrogens with zero attached hydrogens (tertiary/aromatic N) is 4. The summed E-state index contributed by atoms with van der Waals surface area (Å²) >= 11 is 1.63. The van der Waals surface area contributed by atoms with Crippen LogP contribution in [0.1, 0.15) is 23.9 Å². The Morgan fingerprint density at radius 3 is 3.17 bits per heavy atom. The summed E-state index contributed by atoms with van der Waals surface area (Å²) in [6, 6.07) is 6.18. The number of carbonyl (C=O) groups excluding carboxylic acids is 1. The van der Waals surface area contributed by atoms with Crippen LogP contribution in [0, 0.1) is 6.92 Å². The van der Waals surface area contributed by atoms with Gasteiger partial charge in [-0.1, -0.05) is 0 Å². The molecule has 5 nitrogen and oxygen atoms in total. The standard InChI is InChI=1S/C17H18N4OS/c1-12-19-15-3-2-6-18-17(15)21(12)14-4-7-20(10-14)16(22)9-13-5-8-23-11-13/h2-3,5-6,8,11,14H,4,7,9-10H2,1H3/t14-/m1/s1. The van der Waals surface area contributed by atoms with E-state index in [-0.39, 0.29) is 11.9 Å². The van der Waals surface area contributed by atoms with E-state index in [0.29, 0.717) is 6.42 Å². The van der Waals surface area contributed by atoms with Crippen molar-refractivity contribution >= 4 is 28.4 Å². The highest BCUT2D eigenvalue weighted by Crippen LogP contribution is 2.27. The summed E-state index contributed by atoms with van der Waals surface area (Å²) in [6.07, 6.45) is 3.25. The summed E-state index contributed by atoms with van der Waals surface area (Å²) < 4.78 is 2.19. The molecule has 3 aromatic heterocycles. The molecule has 118 valence electrons. The number of aryl methyl sites for hydroxylation is 1. The largest absolute Gasteiger partial charge is 0.340 e. The normalized spacial score (nSPS) is 18.0. The fourth-order valence-electron chi connectivity index (χ4n) is 3.34. The molecule has 1 fully saturated rings. The number of hydrogen-bond donors (Lipinski definition) is 0. The van der Waals surface area contributed by atoms with Crippen molar-refractivity contribution in [1.29, 1.82) is 0 Å². The van der Waals surface area contributed by atoms with Crippen molar-refractivity contribution in [3.63, 3.8) is 0 Å². The highest BCUT2D eigenvalue weighted by atomic mass is 32.1. The van der Waals surface area contributed by atoms with Crippen LogP contribution in [0.15, 0.2) is 35.2 Å². The van der Waals surface area contributed by atoms with Gasteiger partial charge in [-0.3, -0.25) is 4.79 Å². The Kier molecular flexibility index (Phi) is 3.61. The van der Waals surface area contributed by atoms with E-state index in [1.807, 2.05) is 40.8 Å². The lowest BCUT2D eigenvalue weighted by atomic mass is 10.2. The van der Waals surface area contributed by atoms with Gasteiger partial charge in [-0.15, -0.1) is 0 Å². The minimum Gasteiger partial charge on any atom is -0.340 e. The first-order valence-electron chi connectivity index (χ1n) is 7.81. The first-order valence-corrected chi connectivity index (χ1v) is 8.75. The Morgan fingerprint density at radius 2 is 2.35 bits per heavy atom. The number of rotatable bonds is 3. The number of aromatic nitrogens is 3. The van der Waals surface area contributed by atoms with Gasteiger partial charge in [-0.05, 0) is 47.9 Å². The lowest BCUT2D eigenvalue weighted by Gasteiger charge is -2.18. The Balaban J connectivity index is 1.53. The van der Waals surface area contributed by atoms with Crippen molar-refractivity contribution in [2.75, 3.05) is 13.1 Å². The van der Waals surface area contributed by atoms with Gasteiger partial charge >= 0.3 is 0 Å². The van der Waals surface area contributed by atoms with Crippen molar-refractivity contribution in [3.8, 4) is 0 Å². The minimum atomic E-state index is 0.209. The van der Waals surface area contributed by atoms with E-state index < -0.39 is 0 Å². The Labute approximate surface area is 138 Å².